The fourth-order valence-corrected chi connectivity index (χ4v) is 1.59. The Morgan fingerprint density at radius 1 is 0.812 bits per heavy atom. The summed E-state index contributed by atoms with van der Waals surface area (Å²) in [4.78, 5) is 22.9. The summed E-state index contributed by atoms with van der Waals surface area (Å²) in [5.74, 6) is 0.191. The Bertz CT molecular complexity index is 427. The first-order chi connectivity index (χ1) is 7.77. The van der Waals surface area contributed by atoms with E-state index in [1.165, 1.54) is 0 Å². The van der Waals surface area contributed by atoms with E-state index in [0.29, 0.717) is 24.0 Å². The highest BCUT2D eigenvalue weighted by molar-refractivity contribution is 6.02. The van der Waals surface area contributed by atoms with Crippen LogP contribution in [0, 0.1) is 0 Å². The zero-order valence-electron chi connectivity index (χ0n) is 8.85. The quantitative estimate of drug-likeness (QED) is 0.704. The zero-order chi connectivity index (χ0) is 11.4. The van der Waals surface area contributed by atoms with Gasteiger partial charge in [-0.15, -0.1) is 0 Å². The lowest BCUT2D eigenvalue weighted by Gasteiger charge is -2.04. The second-order valence-electron chi connectivity index (χ2n) is 3.69. The van der Waals surface area contributed by atoms with E-state index in [-0.39, 0.29) is 11.6 Å². The largest absolute Gasteiger partial charge is 0.294 e. The molecule has 0 saturated heterocycles. The van der Waals surface area contributed by atoms with Crippen LogP contribution in [0.3, 0.4) is 0 Å². The van der Waals surface area contributed by atoms with Crippen molar-refractivity contribution in [2.24, 2.45) is 0 Å². The monoisotopic (exact) mass is 212 g/mol. The predicted octanol–water partition coefficient (Wildman–Crippen LogP) is 2.45. The molecule has 0 spiro atoms. The molecule has 0 atom stereocenters. The Morgan fingerprint density at radius 2 is 1.25 bits per heavy atom. The minimum Gasteiger partial charge on any atom is -0.294 e. The molecule has 0 aromatic rings. The molecule has 0 aromatic carbocycles. The highest BCUT2D eigenvalue weighted by Crippen LogP contribution is 2.13. The van der Waals surface area contributed by atoms with Crippen LogP contribution >= 0.6 is 0 Å². The number of Topliss-reactive ketones (excluding diaryl/α,β-unsaturated/α-hetero) is 2. The van der Waals surface area contributed by atoms with Crippen LogP contribution in [-0.2, 0) is 9.59 Å². The number of carbonyl (C=O) groups is 2. The van der Waals surface area contributed by atoms with Crippen LogP contribution in [0.15, 0.2) is 59.8 Å². The summed E-state index contributed by atoms with van der Waals surface area (Å²) in [5, 5.41) is 0. The fraction of sp³-hybridized carbons (Fsp3) is 0.143. The first kappa shape index (κ1) is 10.6. The van der Waals surface area contributed by atoms with Crippen molar-refractivity contribution in [3.8, 4) is 0 Å². The van der Waals surface area contributed by atoms with Crippen molar-refractivity contribution in [2.75, 3.05) is 0 Å². The van der Waals surface area contributed by atoms with Crippen molar-refractivity contribution in [3.05, 3.63) is 59.8 Å². The summed E-state index contributed by atoms with van der Waals surface area (Å²) in [5.41, 5.74) is 1.32. The van der Waals surface area contributed by atoms with Gasteiger partial charge in [-0.2, -0.15) is 0 Å². The Labute approximate surface area is 94.3 Å². The van der Waals surface area contributed by atoms with Gasteiger partial charge in [-0.3, -0.25) is 9.59 Å². The molecule has 2 aliphatic rings. The van der Waals surface area contributed by atoms with Crippen molar-refractivity contribution in [1.82, 2.24) is 0 Å². The Balaban J connectivity index is 2.15. The van der Waals surface area contributed by atoms with Crippen molar-refractivity contribution < 1.29 is 9.59 Å². The maximum Gasteiger partial charge on any atom is 0.166 e. The van der Waals surface area contributed by atoms with Gasteiger partial charge in [0.2, 0.25) is 0 Å². The van der Waals surface area contributed by atoms with Gasteiger partial charge in [0.1, 0.15) is 0 Å². The first-order valence-electron chi connectivity index (χ1n) is 5.25. The summed E-state index contributed by atoms with van der Waals surface area (Å²) in [6, 6.07) is 0. The standard InChI is InChI=1S/C14H12O2/c15-13-7-3-1-5-11(13)9-10-12-6-2-4-8-14(12)16/h1-6,9-10H,7-8H2. The lowest BCUT2D eigenvalue weighted by Crippen LogP contribution is -2.04. The highest BCUT2D eigenvalue weighted by atomic mass is 16.1. The molecular weight excluding hydrogens is 200 g/mol. The second-order valence-corrected chi connectivity index (χ2v) is 3.69. The van der Waals surface area contributed by atoms with Gasteiger partial charge >= 0.3 is 0 Å². The van der Waals surface area contributed by atoms with Crippen molar-refractivity contribution >= 4 is 11.6 Å². The number of hydrogen-bond donors (Lipinski definition) is 0. The van der Waals surface area contributed by atoms with Gasteiger partial charge in [0.05, 0.1) is 0 Å². The molecule has 16 heavy (non-hydrogen) atoms. The fourth-order valence-electron chi connectivity index (χ4n) is 1.59. The molecule has 80 valence electrons. The number of ketones is 2. The predicted molar refractivity (Wildman–Crippen MR) is 62.8 cm³/mol. The SMILES string of the molecule is O=C1CC=CC=C1C=CC1=CC=CCC1=O. The molecule has 0 unspecified atom stereocenters. The van der Waals surface area contributed by atoms with Gasteiger partial charge in [0.15, 0.2) is 11.6 Å². The maximum atomic E-state index is 11.5. The third-order valence-electron chi connectivity index (χ3n) is 2.52. The van der Waals surface area contributed by atoms with E-state index in [1.54, 1.807) is 24.3 Å². The number of hydrogen-bond acceptors (Lipinski definition) is 2. The van der Waals surface area contributed by atoms with E-state index in [9.17, 15) is 9.59 Å². The Kier molecular flexibility index (Phi) is 3.10. The number of carbonyl (C=O) groups excluding carboxylic acids is 2. The third-order valence-corrected chi connectivity index (χ3v) is 2.52. The Morgan fingerprint density at radius 3 is 1.62 bits per heavy atom. The van der Waals surface area contributed by atoms with Crippen LogP contribution in [0.4, 0.5) is 0 Å². The van der Waals surface area contributed by atoms with Crippen molar-refractivity contribution in [3.63, 3.8) is 0 Å². The van der Waals surface area contributed by atoms with Gasteiger partial charge in [0.25, 0.3) is 0 Å². The van der Waals surface area contributed by atoms with E-state index in [4.69, 9.17) is 0 Å². The number of rotatable bonds is 2. The summed E-state index contributed by atoms with van der Waals surface area (Å²) in [6.07, 6.45) is 15.2. The smallest absolute Gasteiger partial charge is 0.166 e. The van der Waals surface area contributed by atoms with Gasteiger partial charge < -0.3 is 0 Å². The molecule has 0 radical (unpaired) electrons. The highest BCUT2D eigenvalue weighted by Gasteiger charge is 2.09. The molecule has 0 bridgehead atoms. The van der Waals surface area contributed by atoms with E-state index in [2.05, 4.69) is 0 Å². The van der Waals surface area contributed by atoms with Crippen molar-refractivity contribution in [2.45, 2.75) is 12.8 Å². The second kappa shape index (κ2) is 4.71. The topological polar surface area (TPSA) is 34.1 Å². The van der Waals surface area contributed by atoms with E-state index < -0.39 is 0 Å². The first-order valence-corrected chi connectivity index (χ1v) is 5.25. The van der Waals surface area contributed by atoms with Crippen LogP contribution in [0.25, 0.3) is 0 Å². The third kappa shape index (κ3) is 2.34. The molecule has 2 rings (SSSR count). The summed E-state index contributed by atoms with van der Waals surface area (Å²) in [7, 11) is 0. The molecule has 0 aliphatic heterocycles. The van der Waals surface area contributed by atoms with Gasteiger partial charge in [-0.1, -0.05) is 48.6 Å². The van der Waals surface area contributed by atoms with Gasteiger partial charge in [-0.05, 0) is 0 Å². The van der Waals surface area contributed by atoms with Crippen LogP contribution in [0.1, 0.15) is 12.8 Å². The van der Waals surface area contributed by atoms with Crippen LogP contribution < -0.4 is 0 Å². The minimum atomic E-state index is 0.0955. The molecule has 0 amide bonds. The molecular formula is C14H12O2. The van der Waals surface area contributed by atoms with E-state index >= 15 is 0 Å². The summed E-state index contributed by atoms with van der Waals surface area (Å²) >= 11 is 0. The molecule has 0 saturated carbocycles. The average molecular weight is 212 g/mol. The molecule has 0 aromatic heterocycles. The van der Waals surface area contributed by atoms with Crippen LogP contribution in [0.5, 0.6) is 0 Å². The zero-order valence-corrected chi connectivity index (χ0v) is 8.85. The number of allylic oxidation sites excluding steroid dienone is 10. The lowest BCUT2D eigenvalue weighted by atomic mass is 9.99. The van der Waals surface area contributed by atoms with Crippen LogP contribution in [0.2, 0.25) is 0 Å². The molecule has 0 heterocycles. The lowest BCUT2D eigenvalue weighted by molar-refractivity contribution is -0.115. The molecule has 2 aliphatic carbocycles. The Hall–Kier alpha value is -1.96. The molecule has 0 fully saturated rings. The van der Waals surface area contributed by atoms with E-state index in [1.807, 2.05) is 24.3 Å². The van der Waals surface area contributed by atoms with Gasteiger partial charge in [0, 0.05) is 24.0 Å². The molecule has 2 nitrogen and oxygen atoms in total. The molecule has 2 heteroatoms. The van der Waals surface area contributed by atoms with Crippen LogP contribution in [-0.4, -0.2) is 11.6 Å². The maximum absolute atomic E-state index is 11.5. The van der Waals surface area contributed by atoms with Crippen molar-refractivity contribution in [1.29, 1.82) is 0 Å². The summed E-state index contributed by atoms with van der Waals surface area (Å²) < 4.78 is 0. The average Bonchev–Trinajstić information content (AvgIpc) is 2.30. The van der Waals surface area contributed by atoms with Gasteiger partial charge in [-0.25, -0.2) is 0 Å². The molecule has 0 N–H and O–H groups in total. The van der Waals surface area contributed by atoms with E-state index in [0.717, 1.165) is 0 Å². The summed E-state index contributed by atoms with van der Waals surface area (Å²) in [6.45, 7) is 0. The normalized spacial score (nSPS) is 20.2. The minimum absolute atomic E-state index is 0.0955.